The van der Waals surface area contributed by atoms with Crippen LogP contribution in [0.1, 0.15) is 31.1 Å². The van der Waals surface area contributed by atoms with Crippen LogP contribution in [0, 0.1) is 3.70 Å². The van der Waals surface area contributed by atoms with E-state index < -0.39 is 11.7 Å². The van der Waals surface area contributed by atoms with Crippen molar-refractivity contribution < 1.29 is 17.9 Å². The molecule has 3 rings (SSSR count). The number of ether oxygens (including phenoxy) is 1. The lowest BCUT2D eigenvalue weighted by Gasteiger charge is -2.23. The summed E-state index contributed by atoms with van der Waals surface area (Å²) in [7, 11) is 0. The lowest BCUT2D eigenvalue weighted by atomic mass is 10.1. The minimum Gasteiger partial charge on any atom is -0.356 e. The SMILES string of the molecule is FC(F)(F)c1ccc2c(I)nn(C3CCCCO3)c2c1. The highest BCUT2D eigenvalue weighted by Crippen LogP contribution is 2.34. The van der Waals surface area contributed by atoms with E-state index >= 15 is 0 Å². The van der Waals surface area contributed by atoms with Gasteiger partial charge in [0.25, 0.3) is 0 Å². The second-order valence-electron chi connectivity index (χ2n) is 4.79. The molecule has 3 nitrogen and oxygen atoms in total. The molecular formula is C13H12F3IN2O. The van der Waals surface area contributed by atoms with Crippen LogP contribution in [-0.2, 0) is 10.9 Å². The Kier molecular flexibility index (Phi) is 3.65. The van der Waals surface area contributed by atoms with Gasteiger partial charge in [0.1, 0.15) is 3.70 Å². The molecule has 1 aliphatic rings. The van der Waals surface area contributed by atoms with Crippen molar-refractivity contribution in [2.75, 3.05) is 6.61 Å². The topological polar surface area (TPSA) is 27.1 Å². The third kappa shape index (κ3) is 2.52. The Labute approximate surface area is 127 Å². The highest BCUT2D eigenvalue weighted by molar-refractivity contribution is 14.1. The van der Waals surface area contributed by atoms with Gasteiger partial charge in [0.05, 0.1) is 11.1 Å². The molecule has 0 radical (unpaired) electrons. The smallest absolute Gasteiger partial charge is 0.356 e. The maximum absolute atomic E-state index is 12.8. The predicted molar refractivity (Wildman–Crippen MR) is 76.3 cm³/mol. The molecule has 1 fully saturated rings. The van der Waals surface area contributed by atoms with Crippen molar-refractivity contribution in [2.24, 2.45) is 0 Å². The molecule has 1 aromatic carbocycles. The van der Waals surface area contributed by atoms with Gasteiger partial charge < -0.3 is 4.74 Å². The van der Waals surface area contributed by atoms with E-state index in [0.29, 0.717) is 15.8 Å². The number of fused-ring (bicyclic) bond motifs is 1. The molecule has 7 heteroatoms. The van der Waals surface area contributed by atoms with E-state index in [9.17, 15) is 13.2 Å². The number of nitrogens with zero attached hydrogens (tertiary/aromatic N) is 2. The Morgan fingerprint density at radius 3 is 2.75 bits per heavy atom. The summed E-state index contributed by atoms with van der Waals surface area (Å²) in [6.45, 7) is 0.627. The molecule has 1 unspecified atom stereocenters. The summed E-state index contributed by atoms with van der Waals surface area (Å²) in [5, 5.41) is 5.08. The van der Waals surface area contributed by atoms with Crippen molar-refractivity contribution in [1.29, 1.82) is 0 Å². The molecule has 0 bridgehead atoms. The zero-order valence-electron chi connectivity index (χ0n) is 10.5. The minimum absolute atomic E-state index is 0.266. The van der Waals surface area contributed by atoms with Gasteiger partial charge in [-0.2, -0.15) is 18.3 Å². The van der Waals surface area contributed by atoms with Crippen molar-refractivity contribution in [1.82, 2.24) is 9.78 Å². The lowest BCUT2D eigenvalue weighted by molar-refractivity contribution is -0.137. The fourth-order valence-corrected chi connectivity index (χ4v) is 3.10. The monoisotopic (exact) mass is 396 g/mol. The van der Waals surface area contributed by atoms with Crippen LogP contribution in [0.15, 0.2) is 18.2 Å². The van der Waals surface area contributed by atoms with Crippen molar-refractivity contribution in [3.05, 3.63) is 27.5 Å². The Morgan fingerprint density at radius 1 is 1.30 bits per heavy atom. The molecule has 1 aliphatic heterocycles. The highest BCUT2D eigenvalue weighted by atomic mass is 127. The molecule has 2 aromatic rings. The summed E-state index contributed by atoms with van der Waals surface area (Å²) >= 11 is 2.04. The van der Waals surface area contributed by atoms with Crippen LogP contribution >= 0.6 is 22.6 Å². The lowest BCUT2D eigenvalue weighted by Crippen LogP contribution is -2.19. The van der Waals surface area contributed by atoms with Crippen LogP contribution in [0.4, 0.5) is 13.2 Å². The fourth-order valence-electron chi connectivity index (χ4n) is 2.41. The summed E-state index contributed by atoms with van der Waals surface area (Å²) in [5.74, 6) is 0. The third-order valence-electron chi connectivity index (χ3n) is 3.42. The van der Waals surface area contributed by atoms with Crippen LogP contribution in [0.25, 0.3) is 10.9 Å². The van der Waals surface area contributed by atoms with E-state index in [-0.39, 0.29) is 6.23 Å². The zero-order valence-corrected chi connectivity index (χ0v) is 12.6. The van der Waals surface area contributed by atoms with E-state index in [1.54, 1.807) is 4.68 Å². The van der Waals surface area contributed by atoms with Crippen molar-refractivity contribution in [3.63, 3.8) is 0 Å². The first kappa shape index (κ1) is 14.1. The van der Waals surface area contributed by atoms with Crippen molar-refractivity contribution in [3.8, 4) is 0 Å². The van der Waals surface area contributed by atoms with Gasteiger partial charge in [-0.3, -0.25) is 0 Å². The van der Waals surface area contributed by atoms with Crippen molar-refractivity contribution in [2.45, 2.75) is 31.7 Å². The Hall–Kier alpha value is -0.830. The largest absolute Gasteiger partial charge is 0.416 e. The number of alkyl halides is 3. The van der Waals surface area contributed by atoms with Crippen LogP contribution in [0.3, 0.4) is 0 Å². The van der Waals surface area contributed by atoms with E-state index in [1.165, 1.54) is 6.07 Å². The number of hydrogen-bond acceptors (Lipinski definition) is 2. The Balaban J connectivity index is 2.11. The van der Waals surface area contributed by atoms with Crippen molar-refractivity contribution >= 4 is 33.5 Å². The predicted octanol–water partition coefficient (Wildman–Crippen LogP) is 4.36. The Bertz CT molecular complexity index is 632. The van der Waals surface area contributed by atoms with Gasteiger partial charge in [-0.25, -0.2) is 4.68 Å². The summed E-state index contributed by atoms with van der Waals surface area (Å²) in [6, 6.07) is 3.73. The molecule has 0 aliphatic carbocycles. The van der Waals surface area contributed by atoms with Gasteiger partial charge in [-0.1, -0.05) is 0 Å². The van der Waals surface area contributed by atoms with Gasteiger partial charge in [0, 0.05) is 12.0 Å². The van der Waals surface area contributed by atoms with E-state index in [4.69, 9.17) is 4.74 Å². The second-order valence-corrected chi connectivity index (χ2v) is 5.81. The summed E-state index contributed by atoms with van der Waals surface area (Å²) < 4.78 is 46.4. The molecule has 0 spiro atoms. The van der Waals surface area contributed by atoms with E-state index in [0.717, 1.165) is 36.8 Å². The quantitative estimate of drug-likeness (QED) is 0.670. The number of halogens is 4. The maximum Gasteiger partial charge on any atom is 0.416 e. The number of hydrogen-bond donors (Lipinski definition) is 0. The first-order valence-electron chi connectivity index (χ1n) is 6.33. The van der Waals surface area contributed by atoms with Crippen LogP contribution in [-0.4, -0.2) is 16.4 Å². The molecular weight excluding hydrogens is 384 g/mol. The van der Waals surface area contributed by atoms with Crippen LogP contribution in [0.2, 0.25) is 0 Å². The van der Waals surface area contributed by atoms with Gasteiger partial charge in [0.2, 0.25) is 0 Å². The molecule has 2 heterocycles. The van der Waals surface area contributed by atoms with Gasteiger partial charge in [0.15, 0.2) is 6.23 Å². The van der Waals surface area contributed by atoms with Gasteiger partial charge in [-0.05, 0) is 60.1 Å². The maximum atomic E-state index is 12.8. The molecule has 1 atom stereocenters. The van der Waals surface area contributed by atoms with Crippen LogP contribution < -0.4 is 0 Å². The molecule has 0 amide bonds. The molecule has 1 saturated heterocycles. The minimum atomic E-state index is -4.35. The average molecular weight is 396 g/mol. The van der Waals surface area contributed by atoms with Crippen LogP contribution in [0.5, 0.6) is 0 Å². The fraction of sp³-hybridized carbons (Fsp3) is 0.462. The van der Waals surface area contributed by atoms with Gasteiger partial charge in [-0.15, -0.1) is 0 Å². The number of rotatable bonds is 1. The highest BCUT2D eigenvalue weighted by Gasteiger charge is 2.31. The zero-order chi connectivity index (χ0) is 14.3. The average Bonchev–Trinajstić information content (AvgIpc) is 2.76. The molecule has 0 saturated carbocycles. The number of aromatic nitrogens is 2. The number of benzene rings is 1. The first-order chi connectivity index (χ1) is 9.47. The summed E-state index contributed by atoms with van der Waals surface area (Å²) in [6.07, 6.45) is -1.84. The standard InChI is InChI=1S/C13H12F3IN2O/c14-13(15,16)8-4-5-9-10(7-8)19(18-12(9)17)11-3-1-2-6-20-11/h4-5,7,11H,1-3,6H2. The molecule has 20 heavy (non-hydrogen) atoms. The molecule has 1 aromatic heterocycles. The van der Waals surface area contributed by atoms with Gasteiger partial charge >= 0.3 is 6.18 Å². The van der Waals surface area contributed by atoms with E-state index in [1.807, 2.05) is 22.6 Å². The third-order valence-corrected chi connectivity index (χ3v) is 4.21. The van der Waals surface area contributed by atoms with E-state index in [2.05, 4.69) is 5.10 Å². The first-order valence-corrected chi connectivity index (χ1v) is 7.41. The normalized spacial score (nSPS) is 20.5. The second kappa shape index (κ2) is 5.18. The summed E-state index contributed by atoms with van der Waals surface area (Å²) in [5.41, 5.74) is -0.172. The summed E-state index contributed by atoms with van der Waals surface area (Å²) in [4.78, 5) is 0. The molecule has 108 valence electrons. The Morgan fingerprint density at radius 2 is 2.10 bits per heavy atom. The molecule has 0 N–H and O–H groups in total.